The van der Waals surface area contributed by atoms with E-state index in [1.807, 2.05) is 0 Å². The van der Waals surface area contributed by atoms with Crippen LogP contribution in [0.15, 0.2) is 18.2 Å². The topological polar surface area (TPSA) is 245 Å². The predicted octanol–water partition coefficient (Wildman–Crippen LogP) is 2.62. The average Bonchev–Trinajstić information content (AvgIpc) is 3.17. The van der Waals surface area contributed by atoms with Gasteiger partial charge >= 0.3 is 0 Å². The lowest BCUT2D eigenvalue weighted by atomic mass is 9.72. The first-order valence-corrected chi connectivity index (χ1v) is 19.6. The number of aromatic hydroxyl groups is 2. The largest absolute Gasteiger partial charge is 0.507 e. The fourth-order valence-electron chi connectivity index (χ4n) is 7.71. The lowest BCUT2D eigenvalue weighted by Crippen LogP contribution is -2.49. The zero-order valence-electron chi connectivity index (χ0n) is 33.6. The Labute approximate surface area is 336 Å². The maximum Gasteiger partial charge on any atom is 0.220 e. The third-order valence-corrected chi connectivity index (χ3v) is 10.9. The predicted molar refractivity (Wildman–Crippen MR) is 205 cm³/mol. The Kier molecular flexibility index (Phi) is 14.5. The molecule has 0 radical (unpaired) electrons. The molecule has 0 spiro atoms. The van der Waals surface area contributed by atoms with Crippen LogP contribution in [-0.2, 0) is 39.8 Å². The highest BCUT2D eigenvalue weighted by Crippen LogP contribution is 2.52. The number of hydrogen-bond donors (Lipinski definition) is 6. The Hall–Kier alpha value is -4.29. The minimum atomic E-state index is -2.34. The number of carbonyl (C=O) groups excluding carboxylic acids is 5. The molecule has 16 nitrogen and oxygen atoms in total. The van der Waals surface area contributed by atoms with Crippen molar-refractivity contribution >= 4 is 29.0 Å². The second kappa shape index (κ2) is 18.7. The second-order valence-corrected chi connectivity index (χ2v) is 16.4. The molecule has 0 aromatic heterocycles. The highest BCUT2D eigenvalue weighted by Gasteiger charge is 2.50. The number of methoxy groups -OCH3 is 1. The summed E-state index contributed by atoms with van der Waals surface area (Å²) in [5.41, 5.74) is -3.83. The van der Waals surface area contributed by atoms with Gasteiger partial charge in [-0.1, -0.05) is 32.9 Å². The molecule has 58 heavy (non-hydrogen) atoms. The molecule has 1 unspecified atom stereocenters. The molecule has 1 aliphatic heterocycles. The quantitative estimate of drug-likeness (QED) is 0.0799. The van der Waals surface area contributed by atoms with Gasteiger partial charge in [-0.05, 0) is 30.7 Å². The molecule has 0 saturated carbocycles. The number of rotatable bonds is 18. The van der Waals surface area contributed by atoms with E-state index >= 15 is 0 Å². The van der Waals surface area contributed by atoms with Crippen molar-refractivity contribution in [1.29, 1.82) is 0 Å². The zero-order valence-corrected chi connectivity index (χ0v) is 33.6. The van der Waals surface area contributed by atoms with E-state index in [4.69, 9.17) is 23.7 Å². The molecule has 5 rings (SSSR count). The van der Waals surface area contributed by atoms with Crippen molar-refractivity contribution in [3.8, 4) is 17.2 Å². The first kappa shape index (κ1) is 44.8. The molecule has 2 aliphatic carbocycles. The number of aliphatic hydroxyl groups excluding tert-OH is 2. The van der Waals surface area contributed by atoms with Crippen LogP contribution in [0.3, 0.4) is 0 Å². The van der Waals surface area contributed by atoms with Gasteiger partial charge in [-0.25, -0.2) is 0 Å². The number of carbonyl (C=O) groups is 5. The van der Waals surface area contributed by atoms with Crippen LogP contribution in [0.2, 0.25) is 0 Å². The number of aliphatic hydroxyl groups is 3. The summed E-state index contributed by atoms with van der Waals surface area (Å²) in [6, 6.07) is 4.32. The van der Waals surface area contributed by atoms with Crippen LogP contribution < -0.4 is 10.1 Å². The molecular formula is C42H55NO15. The Morgan fingerprint density at radius 2 is 1.66 bits per heavy atom. The van der Waals surface area contributed by atoms with E-state index in [0.29, 0.717) is 19.8 Å². The molecule has 1 heterocycles. The van der Waals surface area contributed by atoms with Crippen molar-refractivity contribution in [2.24, 2.45) is 11.3 Å². The van der Waals surface area contributed by atoms with Crippen molar-refractivity contribution in [3.05, 3.63) is 51.6 Å². The van der Waals surface area contributed by atoms with Gasteiger partial charge in [0.15, 0.2) is 17.9 Å². The van der Waals surface area contributed by atoms with Crippen LogP contribution in [0.1, 0.15) is 115 Å². The summed E-state index contributed by atoms with van der Waals surface area (Å²) < 4.78 is 28.5. The van der Waals surface area contributed by atoms with Crippen LogP contribution in [0.25, 0.3) is 0 Å². The summed E-state index contributed by atoms with van der Waals surface area (Å²) in [5, 5.41) is 58.4. The number of phenolic OH excluding ortho intramolecular Hbond substituents is 2. The average molecular weight is 814 g/mol. The molecule has 1 fully saturated rings. The Bertz CT molecular complexity index is 1890. The third kappa shape index (κ3) is 9.93. The Morgan fingerprint density at radius 3 is 2.33 bits per heavy atom. The molecule has 3 aliphatic rings. The summed E-state index contributed by atoms with van der Waals surface area (Å²) in [6.45, 7) is 8.91. The number of benzene rings is 2. The van der Waals surface area contributed by atoms with Crippen molar-refractivity contribution in [2.75, 3.05) is 46.7 Å². The molecule has 16 heteroatoms. The number of phenols is 2. The normalized spacial score (nSPS) is 24.1. The van der Waals surface area contributed by atoms with Crippen LogP contribution in [-0.4, -0.2) is 125 Å². The molecule has 318 valence electrons. The van der Waals surface area contributed by atoms with Crippen LogP contribution >= 0.6 is 0 Å². The van der Waals surface area contributed by atoms with E-state index in [1.54, 1.807) is 6.92 Å². The fraction of sp³-hybridized carbons (Fsp3) is 0.595. The van der Waals surface area contributed by atoms with E-state index in [1.165, 1.54) is 25.3 Å². The molecule has 6 atom stereocenters. The van der Waals surface area contributed by atoms with Gasteiger partial charge in [0.25, 0.3) is 0 Å². The SMILES string of the molecule is COc1cccc2c1C(=O)c1c(O)c3c(c(O)c1C2=O)C[C@@](O)(C(=O)CO)C[C@@H]3OC1C[C@H](CC(=O)CCC(=O)NCCOCCOCCC(C)(C)C)[C@H](O)[C@H](C)O1. The van der Waals surface area contributed by atoms with E-state index in [0.717, 1.165) is 6.42 Å². The second-order valence-electron chi connectivity index (χ2n) is 16.4. The van der Waals surface area contributed by atoms with E-state index in [-0.39, 0.29) is 83.9 Å². The summed E-state index contributed by atoms with van der Waals surface area (Å²) in [5.74, 6) is -5.40. The lowest BCUT2D eigenvalue weighted by Gasteiger charge is -2.42. The number of nitrogens with one attached hydrogen (secondary N) is 1. The van der Waals surface area contributed by atoms with Crippen molar-refractivity contribution in [3.63, 3.8) is 0 Å². The van der Waals surface area contributed by atoms with Crippen molar-refractivity contribution < 1.29 is 73.2 Å². The number of ether oxygens (including phenoxy) is 5. The van der Waals surface area contributed by atoms with Crippen molar-refractivity contribution in [2.45, 2.75) is 103 Å². The number of fused-ring (bicyclic) bond motifs is 3. The number of ketones is 4. The van der Waals surface area contributed by atoms with Gasteiger partial charge in [-0.2, -0.15) is 0 Å². The van der Waals surface area contributed by atoms with E-state index in [9.17, 15) is 49.5 Å². The zero-order chi connectivity index (χ0) is 42.5. The monoisotopic (exact) mass is 813 g/mol. The van der Waals surface area contributed by atoms with Gasteiger partial charge in [0, 0.05) is 68.4 Å². The summed E-state index contributed by atoms with van der Waals surface area (Å²) in [6.07, 6.45) is -5.29. The number of Topliss-reactive ketones (excluding diaryl/α,β-unsaturated/α-hetero) is 2. The van der Waals surface area contributed by atoms with Gasteiger partial charge < -0.3 is 54.5 Å². The summed E-state index contributed by atoms with van der Waals surface area (Å²) in [4.78, 5) is 66.1. The summed E-state index contributed by atoms with van der Waals surface area (Å²) >= 11 is 0. The molecule has 2 aromatic rings. The fourth-order valence-corrected chi connectivity index (χ4v) is 7.71. The van der Waals surface area contributed by atoms with Crippen molar-refractivity contribution in [1.82, 2.24) is 5.32 Å². The maximum absolute atomic E-state index is 13.9. The Balaban J connectivity index is 1.25. The van der Waals surface area contributed by atoms with Gasteiger partial charge in [0.05, 0.1) is 61.9 Å². The minimum absolute atomic E-state index is 0.0620. The first-order chi connectivity index (χ1) is 27.4. The van der Waals surface area contributed by atoms with E-state index < -0.39 is 95.5 Å². The van der Waals surface area contributed by atoms with Gasteiger partial charge in [-0.15, -0.1) is 0 Å². The first-order valence-electron chi connectivity index (χ1n) is 19.6. The van der Waals surface area contributed by atoms with Crippen LogP contribution in [0.5, 0.6) is 17.2 Å². The van der Waals surface area contributed by atoms with Gasteiger partial charge in [0.2, 0.25) is 11.7 Å². The molecule has 0 bridgehead atoms. The third-order valence-electron chi connectivity index (χ3n) is 10.9. The highest BCUT2D eigenvalue weighted by atomic mass is 16.7. The molecule has 6 N–H and O–H groups in total. The minimum Gasteiger partial charge on any atom is -0.507 e. The van der Waals surface area contributed by atoms with Crippen LogP contribution in [0.4, 0.5) is 0 Å². The number of amides is 1. The molecule has 1 amide bonds. The summed E-state index contributed by atoms with van der Waals surface area (Å²) in [7, 11) is 1.31. The highest BCUT2D eigenvalue weighted by molar-refractivity contribution is 6.31. The lowest BCUT2D eigenvalue weighted by molar-refractivity contribution is -0.257. The van der Waals surface area contributed by atoms with Gasteiger partial charge in [0.1, 0.15) is 35.2 Å². The molecule has 1 saturated heterocycles. The smallest absolute Gasteiger partial charge is 0.220 e. The molecule has 2 aromatic carbocycles. The van der Waals surface area contributed by atoms with Crippen LogP contribution in [0, 0.1) is 11.3 Å². The Morgan fingerprint density at radius 1 is 0.966 bits per heavy atom. The number of hydrogen-bond acceptors (Lipinski definition) is 15. The standard InChI is InChI=1S/C42H55NO15/c1-22-36(48)23(17-24(45)9-10-30(47)43-12-14-56-16-15-55-13-11-41(2,3)4)18-31(57-22)58-28-20-42(53,29(46)21-44)19-26-33(28)40(52)35-34(38(26)50)37(49)25-7-6-8-27(54-5)32(25)39(35)51/h6-8,22-23,28,31,36,44,48,50,52-53H,9-21H2,1-5H3,(H,43,47)/t22-,23-,28-,31?,36+,42-/m0/s1. The maximum atomic E-state index is 13.9. The molecular weight excluding hydrogens is 758 g/mol. The van der Waals surface area contributed by atoms with E-state index in [2.05, 4.69) is 26.1 Å². The van der Waals surface area contributed by atoms with Gasteiger partial charge in [-0.3, -0.25) is 24.0 Å².